The van der Waals surface area contributed by atoms with E-state index in [9.17, 15) is 14.0 Å². The minimum Gasteiger partial charge on any atom is -0.278 e. The van der Waals surface area contributed by atoms with Crippen LogP contribution in [0.2, 0.25) is 0 Å². The summed E-state index contributed by atoms with van der Waals surface area (Å²) in [5.74, 6) is -1.92. The molecule has 0 spiro atoms. The molecule has 3 nitrogen and oxygen atoms in total. The predicted octanol–water partition coefficient (Wildman–Crippen LogP) is 2.76. The van der Waals surface area contributed by atoms with Crippen molar-refractivity contribution in [3.63, 3.8) is 0 Å². The van der Waals surface area contributed by atoms with Crippen LogP contribution in [-0.2, 0) is 4.79 Å². The molecule has 90 valence electrons. The molecule has 1 aromatic carbocycles. The Hall–Kier alpha value is -1.49. The zero-order valence-electron chi connectivity index (χ0n) is 9.46. The Balaban J connectivity index is 3.13. The zero-order chi connectivity index (χ0) is 13.2. The van der Waals surface area contributed by atoms with E-state index in [4.69, 9.17) is 0 Å². The number of hydrogen-bond acceptors (Lipinski definition) is 2. The third kappa shape index (κ3) is 2.79. The molecule has 0 saturated carbocycles. The van der Waals surface area contributed by atoms with Crippen molar-refractivity contribution in [3.05, 3.63) is 46.2 Å². The minimum absolute atomic E-state index is 0.162. The molecular formula is C12H11BrFNO2. The molecule has 17 heavy (non-hydrogen) atoms. The summed E-state index contributed by atoms with van der Waals surface area (Å²) in [6, 6.07) is 4.17. The van der Waals surface area contributed by atoms with Gasteiger partial charge in [0.2, 0.25) is 0 Å². The first-order valence-corrected chi connectivity index (χ1v) is 5.57. The molecule has 0 bridgehead atoms. The van der Waals surface area contributed by atoms with Gasteiger partial charge >= 0.3 is 0 Å². The van der Waals surface area contributed by atoms with Crippen molar-refractivity contribution in [2.75, 3.05) is 7.05 Å². The van der Waals surface area contributed by atoms with Gasteiger partial charge in [0, 0.05) is 17.1 Å². The Bertz CT molecular complexity index is 479. The number of carbonyl (C=O) groups is 2. The van der Waals surface area contributed by atoms with Crippen LogP contribution in [0.1, 0.15) is 17.3 Å². The molecule has 0 heterocycles. The first-order chi connectivity index (χ1) is 7.86. The van der Waals surface area contributed by atoms with Gasteiger partial charge in [-0.15, -0.1) is 0 Å². The number of benzene rings is 1. The normalized spacial score (nSPS) is 9.88. The number of carbonyl (C=O) groups excluding carboxylic acids is 2. The summed E-state index contributed by atoms with van der Waals surface area (Å²) in [5, 5.41) is 0. The fourth-order valence-corrected chi connectivity index (χ4v) is 1.76. The molecule has 0 aromatic heterocycles. The van der Waals surface area contributed by atoms with Gasteiger partial charge in [-0.25, -0.2) is 4.39 Å². The average molecular weight is 300 g/mol. The van der Waals surface area contributed by atoms with Crippen LogP contribution >= 0.6 is 15.9 Å². The molecular weight excluding hydrogens is 289 g/mol. The third-order valence-corrected chi connectivity index (χ3v) is 2.81. The number of halogens is 2. The predicted molar refractivity (Wildman–Crippen MR) is 66.0 cm³/mol. The van der Waals surface area contributed by atoms with E-state index < -0.39 is 17.6 Å². The number of rotatable bonds is 2. The van der Waals surface area contributed by atoms with Crippen molar-refractivity contribution < 1.29 is 14.0 Å². The second-order valence-corrected chi connectivity index (χ2v) is 4.40. The van der Waals surface area contributed by atoms with Crippen molar-refractivity contribution in [1.82, 2.24) is 4.90 Å². The van der Waals surface area contributed by atoms with Crippen molar-refractivity contribution >= 4 is 27.7 Å². The highest BCUT2D eigenvalue weighted by atomic mass is 79.9. The lowest BCUT2D eigenvalue weighted by Crippen LogP contribution is -2.34. The molecule has 0 aliphatic heterocycles. The summed E-state index contributed by atoms with van der Waals surface area (Å²) in [5.41, 5.74) is 0.0536. The van der Waals surface area contributed by atoms with Crippen LogP contribution in [0, 0.1) is 5.82 Å². The highest BCUT2D eigenvalue weighted by Crippen LogP contribution is 2.21. The van der Waals surface area contributed by atoms with Gasteiger partial charge in [-0.2, -0.15) is 0 Å². The van der Waals surface area contributed by atoms with E-state index >= 15 is 0 Å². The maximum atomic E-state index is 13.5. The molecule has 0 atom stereocenters. The summed E-state index contributed by atoms with van der Waals surface area (Å²) < 4.78 is 13.8. The summed E-state index contributed by atoms with van der Waals surface area (Å²) in [4.78, 5) is 24.3. The number of hydrogen-bond donors (Lipinski definition) is 0. The van der Waals surface area contributed by atoms with E-state index in [-0.39, 0.29) is 11.1 Å². The van der Waals surface area contributed by atoms with Gasteiger partial charge < -0.3 is 0 Å². The number of nitrogens with zero attached hydrogens (tertiary/aromatic N) is 1. The van der Waals surface area contributed by atoms with Crippen molar-refractivity contribution in [1.29, 1.82) is 0 Å². The van der Waals surface area contributed by atoms with E-state index in [0.717, 1.165) is 11.0 Å². The molecule has 0 saturated heterocycles. The molecule has 5 heteroatoms. The molecule has 1 rings (SSSR count). The van der Waals surface area contributed by atoms with Gasteiger partial charge in [-0.3, -0.25) is 14.5 Å². The minimum atomic E-state index is -0.706. The second kappa shape index (κ2) is 5.23. The zero-order valence-corrected chi connectivity index (χ0v) is 11.0. The van der Waals surface area contributed by atoms with Crippen LogP contribution in [0.5, 0.6) is 0 Å². The highest BCUT2D eigenvalue weighted by Gasteiger charge is 2.23. The van der Waals surface area contributed by atoms with Crippen molar-refractivity contribution in [3.8, 4) is 0 Å². The van der Waals surface area contributed by atoms with Crippen LogP contribution in [0.4, 0.5) is 4.39 Å². The SMILES string of the molecule is C=C(C)C(=O)N(C)C(=O)c1c(F)cccc1Br. The first kappa shape index (κ1) is 13.6. The number of amides is 2. The molecule has 0 unspecified atom stereocenters. The fourth-order valence-electron chi connectivity index (χ4n) is 1.25. The summed E-state index contributed by atoms with van der Waals surface area (Å²) in [6.45, 7) is 4.94. The molecule has 0 aliphatic carbocycles. The van der Waals surface area contributed by atoms with Crippen molar-refractivity contribution in [2.24, 2.45) is 0 Å². The second-order valence-electron chi connectivity index (χ2n) is 3.55. The monoisotopic (exact) mass is 299 g/mol. The molecule has 2 amide bonds. The lowest BCUT2D eigenvalue weighted by atomic mass is 10.1. The van der Waals surface area contributed by atoms with Crippen LogP contribution in [0.3, 0.4) is 0 Å². The highest BCUT2D eigenvalue weighted by molar-refractivity contribution is 9.10. The van der Waals surface area contributed by atoms with Crippen LogP contribution in [-0.4, -0.2) is 23.8 Å². The lowest BCUT2D eigenvalue weighted by molar-refractivity contribution is -0.123. The summed E-state index contributed by atoms with van der Waals surface area (Å²) >= 11 is 3.08. The molecule has 0 radical (unpaired) electrons. The largest absolute Gasteiger partial charge is 0.278 e. The van der Waals surface area contributed by atoms with E-state index in [0.29, 0.717) is 4.47 Å². The Morgan fingerprint density at radius 1 is 1.41 bits per heavy atom. The molecule has 0 fully saturated rings. The van der Waals surface area contributed by atoms with Gasteiger partial charge in [0.25, 0.3) is 11.8 Å². The standard InChI is InChI=1S/C12H11BrFNO2/c1-7(2)11(16)15(3)12(17)10-8(13)5-4-6-9(10)14/h4-6H,1H2,2-3H3. The van der Waals surface area contributed by atoms with Gasteiger partial charge in [-0.05, 0) is 35.0 Å². The summed E-state index contributed by atoms with van der Waals surface area (Å²) in [7, 11) is 1.29. The Morgan fingerprint density at radius 2 is 2.00 bits per heavy atom. The Morgan fingerprint density at radius 3 is 2.47 bits per heavy atom. The van der Waals surface area contributed by atoms with Gasteiger partial charge in [0.15, 0.2) is 0 Å². The number of likely N-dealkylation sites (N-methyl/N-ethyl adjacent to an activating group) is 1. The van der Waals surface area contributed by atoms with Gasteiger partial charge in [-0.1, -0.05) is 12.6 Å². The van der Waals surface area contributed by atoms with E-state index in [1.807, 2.05) is 0 Å². The van der Waals surface area contributed by atoms with E-state index in [1.165, 1.54) is 26.1 Å². The van der Waals surface area contributed by atoms with E-state index in [1.54, 1.807) is 0 Å². The quantitative estimate of drug-likeness (QED) is 0.788. The van der Waals surface area contributed by atoms with Crippen molar-refractivity contribution in [2.45, 2.75) is 6.92 Å². The van der Waals surface area contributed by atoms with E-state index in [2.05, 4.69) is 22.5 Å². The maximum absolute atomic E-state index is 13.5. The summed E-state index contributed by atoms with van der Waals surface area (Å²) in [6.07, 6.45) is 0. The first-order valence-electron chi connectivity index (χ1n) is 4.78. The third-order valence-electron chi connectivity index (χ3n) is 2.15. The average Bonchev–Trinajstić information content (AvgIpc) is 2.26. The van der Waals surface area contributed by atoms with Gasteiger partial charge in [0.05, 0.1) is 5.56 Å². The molecule has 1 aromatic rings. The fraction of sp³-hybridized carbons (Fsp3) is 0.167. The van der Waals surface area contributed by atoms with Crippen LogP contribution in [0.15, 0.2) is 34.8 Å². The van der Waals surface area contributed by atoms with Crippen LogP contribution < -0.4 is 0 Å². The van der Waals surface area contributed by atoms with Gasteiger partial charge in [0.1, 0.15) is 5.82 Å². The maximum Gasteiger partial charge on any atom is 0.264 e. The number of imide groups is 1. The lowest BCUT2D eigenvalue weighted by Gasteiger charge is -2.16. The van der Waals surface area contributed by atoms with Crippen LogP contribution in [0.25, 0.3) is 0 Å². The topological polar surface area (TPSA) is 37.4 Å². The Kier molecular flexibility index (Phi) is 4.17. The molecule has 0 aliphatic rings. The Labute approximate surface area is 107 Å². The smallest absolute Gasteiger partial charge is 0.264 e. The molecule has 0 N–H and O–H groups in total.